The smallest absolute Gasteiger partial charge is 0.138 e. The Balaban J connectivity index is 1.92. The maximum atomic E-state index is 11.7. The van der Waals surface area contributed by atoms with Crippen molar-refractivity contribution in [2.45, 2.75) is 58.9 Å². The number of ketones is 1. The summed E-state index contributed by atoms with van der Waals surface area (Å²) in [4.78, 5) is 14.4. The van der Waals surface area contributed by atoms with E-state index in [4.69, 9.17) is 0 Å². The Morgan fingerprint density at radius 1 is 1.24 bits per heavy atom. The van der Waals surface area contributed by atoms with Crippen LogP contribution in [0.1, 0.15) is 52.9 Å². The van der Waals surface area contributed by atoms with E-state index in [1.807, 2.05) is 0 Å². The van der Waals surface area contributed by atoms with Gasteiger partial charge >= 0.3 is 0 Å². The van der Waals surface area contributed by atoms with Gasteiger partial charge in [0.15, 0.2) is 0 Å². The summed E-state index contributed by atoms with van der Waals surface area (Å²) < 4.78 is 0. The first kappa shape index (κ1) is 13.1. The lowest BCUT2D eigenvalue weighted by Gasteiger charge is -2.42. The van der Waals surface area contributed by atoms with Gasteiger partial charge in [0.05, 0.1) is 0 Å². The third-order valence-electron chi connectivity index (χ3n) is 5.14. The largest absolute Gasteiger partial charge is 0.299 e. The van der Waals surface area contributed by atoms with Crippen molar-refractivity contribution in [3.05, 3.63) is 0 Å². The number of piperidine rings is 1. The Morgan fingerprint density at radius 2 is 2.00 bits per heavy atom. The molecule has 0 N–H and O–H groups in total. The maximum absolute atomic E-state index is 11.7. The molecule has 0 aromatic carbocycles. The first-order chi connectivity index (χ1) is 8.11. The van der Waals surface area contributed by atoms with Gasteiger partial charge in [0, 0.05) is 31.5 Å². The predicted octanol–water partition coefficient (Wildman–Crippen LogP) is 3.11. The summed E-state index contributed by atoms with van der Waals surface area (Å²) in [5.74, 6) is 2.56. The number of hydrogen-bond donors (Lipinski definition) is 0. The van der Waals surface area contributed by atoms with Crippen molar-refractivity contribution >= 4 is 5.78 Å². The van der Waals surface area contributed by atoms with Crippen LogP contribution in [0.5, 0.6) is 0 Å². The summed E-state index contributed by atoms with van der Waals surface area (Å²) in [6, 6.07) is 0.753. The molecule has 2 aliphatic rings. The summed E-state index contributed by atoms with van der Waals surface area (Å²) in [5.41, 5.74) is 0. The van der Waals surface area contributed by atoms with E-state index in [2.05, 4.69) is 25.7 Å². The molecule has 1 saturated carbocycles. The third kappa shape index (κ3) is 2.90. The zero-order valence-electron chi connectivity index (χ0n) is 11.6. The van der Waals surface area contributed by atoms with Crippen LogP contribution < -0.4 is 0 Å². The number of Topliss-reactive ketones (excluding diaryl/α,β-unsaturated/α-hetero) is 1. The van der Waals surface area contributed by atoms with Crippen LogP contribution in [0.2, 0.25) is 0 Å². The lowest BCUT2D eigenvalue weighted by Crippen LogP contribution is -2.48. The maximum Gasteiger partial charge on any atom is 0.138 e. The van der Waals surface area contributed by atoms with Crippen LogP contribution in [0.3, 0.4) is 0 Å². The standard InChI is InChI=1S/C15H27NO/c1-4-13-10-16(8-7-15(13)17)14-6-5-11(2)12(3)9-14/h11-14H,4-10H2,1-3H3. The van der Waals surface area contributed by atoms with Gasteiger partial charge in [0.2, 0.25) is 0 Å². The van der Waals surface area contributed by atoms with E-state index in [1.54, 1.807) is 0 Å². The second-order valence-corrected chi connectivity index (χ2v) is 6.24. The Hall–Kier alpha value is -0.370. The number of likely N-dealkylation sites (tertiary alicyclic amines) is 1. The van der Waals surface area contributed by atoms with Gasteiger partial charge in [0.1, 0.15) is 5.78 Å². The molecule has 98 valence electrons. The Bertz CT molecular complexity index is 276. The van der Waals surface area contributed by atoms with Gasteiger partial charge < -0.3 is 0 Å². The molecule has 0 radical (unpaired) electrons. The molecule has 2 rings (SSSR count). The molecular weight excluding hydrogens is 210 g/mol. The van der Waals surface area contributed by atoms with Crippen molar-refractivity contribution in [2.75, 3.05) is 13.1 Å². The summed E-state index contributed by atoms with van der Waals surface area (Å²) in [6.45, 7) is 8.97. The fourth-order valence-corrected chi connectivity index (χ4v) is 3.47. The van der Waals surface area contributed by atoms with Crippen molar-refractivity contribution in [3.63, 3.8) is 0 Å². The predicted molar refractivity (Wildman–Crippen MR) is 70.9 cm³/mol. The molecule has 0 aromatic rings. The molecule has 0 aromatic heterocycles. The van der Waals surface area contributed by atoms with Crippen molar-refractivity contribution in [1.29, 1.82) is 0 Å². The summed E-state index contributed by atoms with van der Waals surface area (Å²) in [5, 5.41) is 0. The van der Waals surface area contributed by atoms with Gasteiger partial charge in [-0.1, -0.05) is 20.8 Å². The molecule has 1 saturated heterocycles. The van der Waals surface area contributed by atoms with Crippen LogP contribution in [0.15, 0.2) is 0 Å². The van der Waals surface area contributed by atoms with Gasteiger partial charge in [-0.25, -0.2) is 0 Å². The fraction of sp³-hybridized carbons (Fsp3) is 0.933. The highest BCUT2D eigenvalue weighted by atomic mass is 16.1. The Labute approximate surface area is 106 Å². The minimum absolute atomic E-state index is 0.318. The highest BCUT2D eigenvalue weighted by molar-refractivity contribution is 5.82. The number of carbonyl (C=O) groups excluding carboxylic acids is 1. The lowest BCUT2D eigenvalue weighted by molar-refractivity contribution is -0.127. The van der Waals surface area contributed by atoms with Gasteiger partial charge in [-0.15, -0.1) is 0 Å². The summed E-state index contributed by atoms with van der Waals surface area (Å²) >= 11 is 0. The van der Waals surface area contributed by atoms with E-state index in [1.165, 1.54) is 19.3 Å². The van der Waals surface area contributed by atoms with Crippen LogP contribution >= 0.6 is 0 Å². The molecule has 1 aliphatic heterocycles. The van der Waals surface area contributed by atoms with Gasteiger partial charge in [-0.2, -0.15) is 0 Å². The Morgan fingerprint density at radius 3 is 2.65 bits per heavy atom. The SMILES string of the molecule is CCC1CN(C2CCC(C)C(C)C2)CCC1=O. The molecule has 17 heavy (non-hydrogen) atoms. The normalized spacial score (nSPS) is 40.5. The van der Waals surface area contributed by atoms with Crippen LogP contribution in [0, 0.1) is 17.8 Å². The number of hydrogen-bond acceptors (Lipinski definition) is 2. The topological polar surface area (TPSA) is 20.3 Å². The summed E-state index contributed by atoms with van der Waals surface area (Å²) in [7, 11) is 0. The number of rotatable bonds is 2. The zero-order chi connectivity index (χ0) is 12.4. The van der Waals surface area contributed by atoms with Crippen LogP contribution in [0.25, 0.3) is 0 Å². The second-order valence-electron chi connectivity index (χ2n) is 6.24. The van der Waals surface area contributed by atoms with Crippen molar-refractivity contribution in [2.24, 2.45) is 17.8 Å². The van der Waals surface area contributed by atoms with Crippen molar-refractivity contribution < 1.29 is 4.79 Å². The molecule has 1 aliphatic carbocycles. The second kappa shape index (κ2) is 5.51. The van der Waals surface area contributed by atoms with Crippen LogP contribution in [0.4, 0.5) is 0 Å². The van der Waals surface area contributed by atoms with Gasteiger partial charge in [-0.3, -0.25) is 9.69 Å². The van der Waals surface area contributed by atoms with E-state index in [0.29, 0.717) is 11.7 Å². The zero-order valence-corrected chi connectivity index (χ0v) is 11.6. The first-order valence-corrected chi connectivity index (χ1v) is 7.38. The molecule has 2 fully saturated rings. The van der Waals surface area contributed by atoms with E-state index in [0.717, 1.165) is 43.8 Å². The molecule has 2 heteroatoms. The number of carbonyl (C=O) groups is 1. The van der Waals surface area contributed by atoms with E-state index in [9.17, 15) is 4.79 Å². The minimum Gasteiger partial charge on any atom is -0.299 e. The van der Waals surface area contributed by atoms with Crippen LogP contribution in [-0.4, -0.2) is 29.8 Å². The highest BCUT2D eigenvalue weighted by Crippen LogP contribution is 2.33. The monoisotopic (exact) mass is 237 g/mol. The highest BCUT2D eigenvalue weighted by Gasteiger charge is 2.33. The molecule has 0 spiro atoms. The molecule has 4 atom stereocenters. The quantitative estimate of drug-likeness (QED) is 0.735. The van der Waals surface area contributed by atoms with Crippen molar-refractivity contribution in [3.8, 4) is 0 Å². The van der Waals surface area contributed by atoms with Gasteiger partial charge in [-0.05, 0) is 37.5 Å². The molecule has 1 heterocycles. The average molecular weight is 237 g/mol. The van der Waals surface area contributed by atoms with Crippen molar-refractivity contribution in [1.82, 2.24) is 4.90 Å². The molecule has 0 amide bonds. The number of nitrogens with zero attached hydrogens (tertiary/aromatic N) is 1. The summed E-state index contributed by atoms with van der Waals surface area (Å²) in [6.07, 6.45) is 5.86. The average Bonchev–Trinajstić information content (AvgIpc) is 2.33. The Kier molecular flexibility index (Phi) is 4.24. The van der Waals surface area contributed by atoms with E-state index in [-0.39, 0.29) is 0 Å². The fourth-order valence-electron chi connectivity index (χ4n) is 3.47. The first-order valence-electron chi connectivity index (χ1n) is 7.38. The molecule has 0 bridgehead atoms. The van der Waals surface area contributed by atoms with Gasteiger partial charge in [0.25, 0.3) is 0 Å². The van der Waals surface area contributed by atoms with Crippen LogP contribution in [-0.2, 0) is 4.79 Å². The molecular formula is C15H27NO. The molecule has 4 unspecified atom stereocenters. The van der Waals surface area contributed by atoms with E-state index >= 15 is 0 Å². The van der Waals surface area contributed by atoms with E-state index < -0.39 is 0 Å². The minimum atomic E-state index is 0.318. The third-order valence-corrected chi connectivity index (χ3v) is 5.14. The lowest BCUT2D eigenvalue weighted by atomic mass is 9.78. The molecule has 2 nitrogen and oxygen atoms in total.